The topological polar surface area (TPSA) is 69.5 Å². The Morgan fingerprint density at radius 1 is 1.09 bits per heavy atom. The van der Waals surface area contributed by atoms with E-state index in [4.69, 9.17) is 14.5 Å². The van der Waals surface area contributed by atoms with Gasteiger partial charge in [-0.15, -0.1) is 0 Å². The number of benzene rings is 2. The maximum atomic E-state index is 13.4. The van der Waals surface area contributed by atoms with Crippen molar-refractivity contribution in [3.8, 4) is 11.5 Å². The number of para-hydroxylation sites is 1. The van der Waals surface area contributed by atoms with Crippen molar-refractivity contribution in [1.82, 2.24) is 14.5 Å². The highest BCUT2D eigenvalue weighted by molar-refractivity contribution is 7.22. The van der Waals surface area contributed by atoms with Crippen molar-refractivity contribution in [2.24, 2.45) is 0 Å². The van der Waals surface area contributed by atoms with Crippen LogP contribution >= 0.6 is 11.3 Å². The lowest BCUT2D eigenvalue weighted by Gasteiger charge is -2.20. The zero-order valence-corrected chi connectivity index (χ0v) is 19.8. The average Bonchev–Trinajstić information content (AvgIpc) is 3.49. The summed E-state index contributed by atoms with van der Waals surface area (Å²) in [5.74, 6) is 1.57. The molecule has 0 fully saturated rings. The number of amides is 1. The number of thiazole rings is 1. The molecule has 0 aliphatic carbocycles. The molecular weight excluding hydrogens is 436 g/mol. The molecule has 7 nitrogen and oxygen atoms in total. The van der Waals surface area contributed by atoms with Crippen LogP contribution in [0.25, 0.3) is 10.2 Å². The Labute approximate surface area is 197 Å². The predicted octanol–water partition coefficient (Wildman–Crippen LogP) is 4.96. The first-order valence-electron chi connectivity index (χ1n) is 11.2. The number of fused-ring (bicyclic) bond motifs is 1. The molecule has 172 valence electrons. The van der Waals surface area contributed by atoms with Crippen LogP contribution in [0.2, 0.25) is 0 Å². The van der Waals surface area contributed by atoms with Gasteiger partial charge in [0.2, 0.25) is 5.91 Å². The number of hydrogen-bond donors (Lipinski definition) is 0. The molecule has 1 amide bonds. The molecule has 4 aromatic rings. The summed E-state index contributed by atoms with van der Waals surface area (Å²) in [6.45, 7) is 6.43. The van der Waals surface area contributed by atoms with E-state index in [0.717, 1.165) is 40.2 Å². The van der Waals surface area contributed by atoms with Crippen molar-refractivity contribution in [2.45, 2.75) is 33.2 Å². The van der Waals surface area contributed by atoms with Crippen molar-refractivity contribution >= 4 is 32.6 Å². The highest BCUT2D eigenvalue weighted by Gasteiger charge is 2.21. The molecule has 4 rings (SSSR count). The molecule has 0 bridgehead atoms. The zero-order valence-electron chi connectivity index (χ0n) is 18.9. The maximum absolute atomic E-state index is 13.4. The third kappa shape index (κ3) is 5.70. The third-order valence-electron chi connectivity index (χ3n) is 5.15. The van der Waals surface area contributed by atoms with Gasteiger partial charge in [0, 0.05) is 25.5 Å². The van der Waals surface area contributed by atoms with Crippen LogP contribution in [-0.4, -0.2) is 40.2 Å². The van der Waals surface area contributed by atoms with Gasteiger partial charge in [-0.05, 0) is 50.1 Å². The lowest BCUT2D eigenvalue weighted by atomic mass is 10.1. The van der Waals surface area contributed by atoms with Gasteiger partial charge in [0.1, 0.15) is 17.0 Å². The van der Waals surface area contributed by atoms with Gasteiger partial charge in [-0.1, -0.05) is 29.5 Å². The molecule has 0 unspecified atom stereocenters. The standard InChI is InChI=1S/C25H28N4O3S/c1-3-31-20-11-9-19(10-12-20)17-23(30)29(15-6-14-28-16-13-26-18-28)25-27-24-21(32-4-2)7-5-8-22(24)33-25/h5,7-13,16,18H,3-4,6,14-15,17H2,1-2H3. The fraction of sp³-hybridized carbons (Fsp3) is 0.320. The normalized spacial score (nSPS) is 11.0. The van der Waals surface area contributed by atoms with E-state index < -0.39 is 0 Å². The van der Waals surface area contributed by atoms with Crippen LogP contribution in [0.4, 0.5) is 5.13 Å². The van der Waals surface area contributed by atoms with E-state index in [9.17, 15) is 4.79 Å². The van der Waals surface area contributed by atoms with Crippen LogP contribution in [-0.2, 0) is 17.8 Å². The summed E-state index contributed by atoms with van der Waals surface area (Å²) in [6, 6.07) is 13.6. The van der Waals surface area contributed by atoms with Gasteiger partial charge in [0.15, 0.2) is 5.13 Å². The molecule has 8 heteroatoms. The van der Waals surface area contributed by atoms with E-state index in [0.29, 0.717) is 31.3 Å². The number of rotatable bonds is 11. The van der Waals surface area contributed by atoms with Crippen molar-refractivity contribution in [3.05, 3.63) is 66.7 Å². The number of carbonyl (C=O) groups excluding carboxylic acids is 1. The molecule has 33 heavy (non-hydrogen) atoms. The van der Waals surface area contributed by atoms with Crippen molar-refractivity contribution in [1.29, 1.82) is 0 Å². The Balaban J connectivity index is 1.56. The number of aryl methyl sites for hydroxylation is 1. The minimum atomic E-state index is 0.0156. The van der Waals surface area contributed by atoms with Gasteiger partial charge in [0.25, 0.3) is 0 Å². The van der Waals surface area contributed by atoms with Gasteiger partial charge in [-0.3, -0.25) is 9.69 Å². The summed E-state index contributed by atoms with van der Waals surface area (Å²) < 4.78 is 14.3. The quantitative estimate of drug-likeness (QED) is 0.314. The van der Waals surface area contributed by atoms with Crippen LogP contribution in [0.1, 0.15) is 25.8 Å². The first-order chi connectivity index (χ1) is 16.2. The summed E-state index contributed by atoms with van der Waals surface area (Å²) in [5.41, 5.74) is 1.74. The van der Waals surface area contributed by atoms with E-state index in [-0.39, 0.29) is 5.91 Å². The van der Waals surface area contributed by atoms with Crippen LogP contribution in [0.15, 0.2) is 61.2 Å². The molecule has 2 aromatic heterocycles. The number of anilines is 1. The molecule has 0 N–H and O–H groups in total. The van der Waals surface area contributed by atoms with Gasteiger partial charge < -0.3 is 14.0 Å². The maximum Gasteiger partial charge on any atom is 0.233 e. The molecule has 0 aliphatic rings. The second kappa shape index (κ2) is 11.0. The monoisotopic (exact) mass is 464 g/mol. The molecule has 2 heterocycles. The average molecular weight is 465 g/mol. The Morgan fingerprint density at radius 3 is 2.64 bits per heavy atom. The van der Waals surface area contributed by atoms with Crippen LogP contribution in [0.3, 0.4) is 0 Å². The number of nitrogens with zero attached hydrogens (tertiary/aromatic N) is 4. The fourth-order valence-corrected chi connectivity index (χ4v) is 4.62. The number of ether oxygens (including phenoxy) is 2. The number of imidazole rings is 1. The SMILES string of the molecule is CCOc1ccc(CC(=O)N(CCCn2ccnc2)c2nc3c(OCC)cccc3s2)cc1. The Kier molecular flexibility index (Phi) is 7.57. The van der Waals surface area contributed by atoms with Crippen molar-refractivity contribution in [2.75, 3.05) is 24.7 Å². The second-order valence-corrected chi connectivity index (χ2v) is 8.49. The smallest absolute Gasteiger partial charge is 0.233 e. The third-order valence-corrected chi connectivity index (χ3v) is 6.19. The van der Waals surface area contributed by atoms with Gasteiger partial charge in [-0.2, -0.15) is 0 Å². The number of hydrogen-bond acceptors (Lipinski definition) is 6. The highest BCUT2D eigenvalue weighted by Crippen LogP contribution is 2.34. The van der Waals surface area contributed by atoms with E-state index in [1.165, 1.54) is 11.3 Å². The van der Waals surface area contributed by atoms with Crippen LogP contribution < -0.4 is 14.4 Å². The minimum Gasteiger partial charge on any atom is -0.494 e. The Bertz CT molecular complexity index is 1170. The van der Waals surface area contributed by atoms with E-state index in [2.05, 4.69) is 4.98 Å². The number of carbonyl (C=O) groups is 1. The van der Waals surface area contributed by atoms with Crippen LogP contribution in [0, 0.1) is 0 Å². The Hall–Kier alpha value is -3.39. The van der Waals surface area contributed by atoms with Crippen molar-refractivity contribution < 1.29 is 14.3 Å². The lowest BCUT2D eigenvalue weighted by Crippen LogP contribution is -2.33. The lowest BCUT2D eigenvalue weighted by molar-refractivity contribution is -0.118. The van der Waals surface area contributed by atoms with Crippen molar-refractivity contribution in [3.63, 3.8) is 0 Å². The van der Waals surface area contributed by atoms with Crippen LogP contribution in [0.5, 0.6) is 11.5 Å². The molecule has 0 atom stereocenters. The second-order valence-electron chi connectivity index (χ2n) is 7.49. The zero-order chi connectivity index (χ0) is 23.0. The first kappa shape index (κ1) is 22.8. The number of aromatic nitrogens is 3. The molecule has 2 aromatic carbocycles. The minimum absolute atomic E-state index is 0.0156. The Morgan fingerprint density at radius 2 is 1.91 bits per heavy atom. The van der Waals surface area contributed by atoms with E-state index >= 15 is 0 Å². The molecule has 0 radical (unpaired) electrons. The molecule has 0 aliphatic heterocycles. The van der Waals surface area contributed by atoms with E-state index in [1.807, 2.05) is 67.1 Å². The summed E-state index contributed by atoms with van der Waals surface area (Å²) in [6.07, 6.45) is 6.57. The first-order valence-corrected chi connectivity index (χ1v) is 12.0. The predicted molar refractivity (Wildman–Crippen MR) is 131 cm³/mol. The summed E-state index contributed by atoms with van der Waals surface area (Å²) in [5, 5.41) is 0.693. The fourth-order valence-electron chi connectivity index (χ4n) is 3.60. The molecule has 0 saturated heterocycles. The van der Waals surface area contributed by atoms with Gasteiger partial charge in [0.05, 0.1) is 30.7 Å². The molecule has 0 saturated carbocycles. The summed E-state index contributed by atoms with van der Waals surface area (Å²) in [7, 11) is 0. The van der Waals surface area contributed by atoms with E-state index in [1.54, 1.807) is 17.4 Å². The largest absolute Gasteiger partial charge is 0.494 e. The van der Waals surface area contributed by atoms with Gasteiger partial charge >= 0.3 is 0 Å². The summed E-state index contributed by atoms with van der Waals surface area (Å²) >= 11 is 1.52. The molecule has 0 spiro atoms. The van der Waals surface area contributed by atoms with Gasteiger partial charge in [-0.25, -0.2) is 9.97 Å². The highest BCUT2D eigenvalue weighted by atomic mass is 32.1. The molecular formula is C25H28N4O3S. The summed E-state index contributed by atoms with van der Waals surface area (Å²) in [4.78, 5) is 24.1.